The van der Waals surface area contributed by atoms with Crippen LogP contribution in [0.1, 0.15) is 50.2 Å². The average molecular weight is 523 g/mol. The molecule has 0 radical (unpaired) electrons. The van der Waals surface area contributed by atoms with Gasteiger partial charge in [-0.2, -0.15) is 15.3 Å². The number of hydrogen-bond donors (Lipinski definition) is 0. The minimum absolute atomic E-state index is 0.0617. The second-order valence-corrected chi connectivity index (χ2v) is 10.9. The third-order valence-electron chi connectivity index (χ3n) is 7.57. The number of anilines is 1. The van der Waals surface area contributed by atoms with Crippen molar-refractivity contribution in [1.29, 1.82) is 5.26 Å². The van der Waals surface area contributed by atoms with Crippen LogP contribution < -0.4 is 10.6 Å². The second kappa shape index (κ2) is 9.84. The molecule has 0 aliphatic carbocycles. The number of piperazine rings is 1. The standard InChI is InChI=1S/C26H31FN8OS/c1-6-17-13-35(25-23-21(32(5)26(36)30-25)14-33(31-23)11-10-28)18(7-2)12-34(17)15(3)19-8-9-20-24(22(19)27)37-16(4)29-20/h8-9,14-15,17-18H,6-7,11-13H2,1-5H3/t15-,17-,18+/m1/s1. The highest BCUT2D eigenvalue weighted by atomic mass is 32.1. The van der Waals surface area contributed by atoms with Crippen LogP contribution in [0.4, 0.5) is 10.2 Å². The van der Waals surface area contributed by atoms with E-state index >= 15 is 4.39 Å². The third kappa shape index (κ3) is 4.28. The Kier molecular flexibility index (Phi) is 6.72. The molecule has 9 nitrogen and oxygen atoms in total. The van der Waals surface area contributed by atoms with Gasteiger partial charge in [0.1, 0.15) is 12.4 Å². The molecule has 0 spiro atoms. The predicted octanol–water partition coefficient (Wildman–Crippen LogP) is 4.15. The van der Waals surface area contributed by atoms with Crippen molar-refractivity contribution in [2.24, 2.45) is 7.05 Å². The Labute approximate surface area is 218 Å². The lowest BCUT2D eigenvalue weighted by Crippen LogP contribution is -2.59. The normalized spacial score (nSPS) is 19.5. The number of thiazole rings is 1. The lowest BCUT2D eigenvalue weighted by molar-refractivity contribution is 0.0991. The number of nitriles is 1. The predicted molar refractivity (Wildman–Crippen MR) is 143 cm³/mol. The van der Waals surface area contributed by atoms with Crippen molar-refractivity contribution in [3.8, 4) is 6.07 Å². The van der Waals surface area contributed by atoms with Crippen molar-refractivity contribution in [1.82, 2.24) is 29.2 Å². The molecule has 194 valence electrons. The lowest BCUT2D eigenvalue weighted by atomic mass is 9.96. The van der Waals surface area contributed by atoms with Crippen molar-refractivity contribution >= 4 is 38.4 Å². The highest BCUT2D eigenvalue weighted by Gasteiger charge is 2.37. The Balaban J connectivity index is 1.52. The molecule has 0 saturated carbocycles. The van der Waals surface area contributed by atoms with Gasteiger partial charge < -0.3 is 4.90 Å². The fraction of sp³-hybridized carbons (Fsp3) is 0.500. The van der Waals surface area contributed by atoms with Gasteiger partial charge in [-0.15, -0.1) is 11.3 Å². The molecule has 0 amide bonds. The maximum atomic E-state index is 15.6. The summed E-state index contributed by atoms with van der Waals surface area (Å²) < 4.78 is 19.2. The van der Waals surface area contributed by atoms with Crippen LogP contribution in [0.25, 0.3) is 21.3 Å². The van der Waals surface area contributed by atoms with Gasteiger partial charge in [0, 0.05) is 43.8 Å². The van der Waals surface area contributed by atoms with Crippen LogP contribution in [0.5, 0.6) is 0 Å². The van der Waals surface area contributed by atoms with Gasteiger partial charge in [-0.25, -0.2) is 14.2 Å². The first-order valence-electron chi connectivity index (χ1n) is 12.7. The number of fused-ring (bicyclic) bond motifs is 2. The van der Waals surface area contributed by atoms with Crippen molar-refractivity contribution in [3.63, 3.8) is 0 Å². The van der Waals surface area contributed by atoms with E-state index in [2.05, 4.69) is 51.7 Å². The van der Waals surface area contributed by atoms with E-state index in [4.69, 9.17) is 5.26 Å². The smallest absolute Gasteiger partial charge is 0.349 e. The fourth-order valence-electron chi connectivity index (χ4n) is 5.50. The molecule has 0 bridgehead atoms. The molecule has 0 N–H and O–H groups in total. The maximum Gasteiger partial charge on any atom is 0.349 e. The molecule has 4 heterocycles. The van der Waals surface area contributed by atoms with Gasteiger partial charge in [-0.3, -0.25) is 14.1 Å². The molecule has 3 atom stereocenters. The van der Waals surface area contributed by atoms with E-state index in [9.17, 15) is 4.79 Å². The zero-order valence-corrected chi connectivity index (χ0v) is 22.6. The molecule has 1 fully saturated rings. The quantitative estimate of drug-likeness (QED) is 0.375. The van der Waals surface area contributed by atoms with E-state index < -0.39 is 0 Å². The molecule has 1 aliphatic heterocycles. The molecule has 1 aliphatic rings. The first-order valence-corrected chi connectivity index (χ1v) is 13.5. The minimum atomic E-state index is -0.354. The van der Waals surface area contributed by atoms with Crippen LogP contribution in [0.15, 0.2) is 23.1 Å². The second-order valence-electron chi connectivity index (χ2n) is 9.69. The number of hydrogen-bond acceptors (Lipinski definition) is 8. The number of benzene rings is 1. The Morgan fingerprint density at radius 1 is 1.22 bits per heavy atom. The topological polar surface area (TPSA) is 95.9 Å². The molecule has 3 aromatic heterocycles. The SMILES string of the molecule is CC[C@H]1CN([C@H](C)c2ccc3nc(C)sc3c2F)[C@H](CC)CN1c1nc(=O)n(C)c2cn(CC#N)nc12. The summed E-state index contributed by atoms with van der Waals surface area (Å²) in [5.41, 5.74) is 2.30. The lowest BCUT2D eigenvalue weighted by Gasteiger charge is -2.49. The number of nitrogens with zero attached hydrogens (tertiary/aromatic N) is 8. The van der Waals surface area contributed by atoms with Gasteiger partial charge in [0.15, 0.2) is 11.3 Å². The summed E-state index contributed by atoms with van der Waals surface area (Å²) in [5.74, 6) is 0.374. The van der Waals surface area contributed by atoms with Gasteiger partial charge in [-0.1, -0.05) is 19.9 Å². The van der Waals surface area contributed by atoms with Gasteiger partial charge in [-0.05, 0) is 32.8 Å². The highest BCUT2D eigenvalue weighted by molar-refractivity contribution is 7.18. The van der Waals surface area contributed by atoms with Crippen LogP contribution in [0.3, 0.4) is 0 Å². The molecule has 5 rings (SSSR count). The molecule has 11 heteroatoms. The van der Waals surface area contributed by atoms with Crippen LogP contribution in [-0.4, -0.2) is 54.4 Å². The van der Waals surface area contributed by atoms with E-state index in [-0.39, 0.29) is 36.2 Å². The van der Waals surface area contributed by atoms with Gasteiger partial charge >= 0.3 is 5.69 Å². The summed E-state index contributed by atoms with van der Waals surface area (Å²) in [4.78, 5) is 26.2. The van der Waals surface area contributed by atoms with Crippen molar-refractivity contribution < 1.29 is 4.39 Å². The van der Waals surface area contributed by atoms with Crippen LogP contribution in [0.2, 0.25) is 0 Å². The summed E-state index contributed by atoms with van der Waals surface area (Å²) >= 11 is 1.39. The summed E-state index contributed by atoms with van der Waals surface area (Å²) in [5, 5.41) is 14.6. The zero-order valence-electron chi connectivity index (χ0n) is 21.8. The van der Waals surface area contributed by atoms with Crippen molar-refractivity contribution in [2.45, 2.75) is 65.2 Å². The van der Waals surface area contributed by atoms with E-state index in [1.54, 1.807) is 17.9 Å². The number of rotatable bonds is 6. The summed E-state index contributed by atoms with van der Waals surface area (Å²) in [7, 11) is 1.67. The Morgan fingerprint density at radius 3 is 2.68 bits per heavy atom. The average Bonchev–Trinajstić information content (AvgIpc) is 3.49. The van der Waals surface area contributed by atoms with E-state index in [0.29, 0.717) is 45.7 Å². The molecule has 1 aromatic carbocycles. The van der Waals surface area contributed by atoms with E-state index in [0.717, 1.165) is 17.8 Å². The Hall–Kier alpha value is -3.36. The van der Waals surface area contributed by atoms with E-state index in [1.807, 2.05) is 19.1 Å². The molecule has 0 unspecified atom stereocenters. The van der Waals surface area contributed by atoms with Crippen molar-refractivity contribution in [3.05, 3.63) is 45.2 Å². The number of halogens is 1. The largest absolute Gasteiger partial charge is 0.349 e. The highest BCUT2D eigenvalue weighted by Crippen LogP contribution is 2.36. The molecule has 37 heavy (non-hydrogen) atoms. The summed E-state index contributed by atoms with van der Waals surface area (Å²) in [6.07, 6.45) is 3.41. The molecule has 1 saturated heterocycles. The Morgan fingerprint density at radius 2 is 1.97 bits per heavy atom. The zero-order chi connectivity index (χ0) is 26.4. The van der Waals surface area contributed by atoms with E-state index in [1.165, 1.54) is 15.9 Å². The van der Waals surface area contributed by atoms with Crippen LogP contribution in [-0.2, 0) is 13.6 Å². The Bertz CT molecular complexity index is 1570. The first-order chi connectivity index (χ1) is 17.8. The molecule has 4 aromatic rings. The molecular formula is C26H31FN8OS. The van der Waals surface area contributed by atoms with Crippen molar-refractivity contribution in [2.75, 3.05) is 18.0 Å². The number of aromatic nitrogens is 5. The number of aryl methyl sites for hydroxylation is 2. The summed E-state index contributed by atoms with van der Waals surface area (Å²) in [6.45, 7) is 9.66. The minimum Gasteiger partial charge on any atom is -0.349 e. The van der Waals surface area contributed by atoms with Crippen LogP contribution in [0, 0.1) is 24.1 Å². The van der Waals surface area contributed by atoms with Gasteiger partial charge in [0.2, 0.25) is 0 Å². The maximum absolute atomic E-state index is 15.6. The molecular weight excluding hydrogens is 491 g/mol. The monoisotopic (exact) mass is 522 g/mol. The van der Waals surface area contributed by atoms with Crippen LogP contribution >= 0.6 is 11.3 Å². The first kappa shape index (κ1) is 25.3. The van der Waals surface area contributed by atoms with Gasteiger partial charge in [0.05, 0.1) is 33.0 Å². The van der Waals surface area contributed by atoms with Gasteiger partial charge in [0.25, 0.3) is 0 Å². The fourth-order valence-corrected chi connectivity index (χ4v) is 6.36. The third-order valence-corrected chi connectivity index (χ3v) is 8.55. The summed E-state index contributed by atoms with van der Waals surface area (Å²) in [6, 6.07) is 5.95.